The predicted molar refractivity (Wildman–Crippen MR) is 107 cm³/mol. The average Bonchev–Trinajstić information content (AvgIpc) is 2.65. The van der Waals surface area contributed by atoms with Gasteiger partial charge in [-0.3, -0.25) is 0 Å². The van der Waals surface area contributed by atoms with Crippen LogP contribution in [0.1, 0.15) is 12.8 Å². The normalized spacial score (nSPS) is 17.0. The van der Waals surface area contributed by atoms with Crippen molar-refractivity contribution < 1.29 is 9.84 Å². The van der Waals surface area contributed by atoms with Crippen molar-refractivity contribution in [2.24, 2.45) is 0 Å². The number of aliphatic hydroxyl groups is 1. The summed E-state index contributed by atoms with van der Waals surface area (Å²) >= 11 is 11.8. The van der Waals surface area contributed by atoms with Gasteiger partial charge in [-0.05, 0) is 61.4 Å². The second-order valence-corrected chi connectivity index (χ2v) is 7.52. The summed E-state index contributed by atoms with van der Waals surface area (Å²) in [5, 5.41) is 15.2. The minimum Gasteiger partial charge on any atom is -0.491 e. The fraction of sp³-hybridized carbons (Fsp3) is 0.400. The van der Waals surface area contributed by atoms with Gasteiger partial charge in [-0.25, -0.2) is 0 Å². The summed E-state index contributed by atoms with van der Waals surface area (Å²) < 4.78 is 5.62. The lowest BCUT2D eigenvalue weighted by molar-refractivity contribution is 0.0605. The number of rotatable bonds is 7. The fourth-order valence-electron chi connectivity index (χ4n) is 3.12. The van der Waals surface area contributed by atoms with E-state index in [0.29, 0.717) is 17.6 Å². The van der Waals surface area contributed by atoms with Crippen molar-refractivity contribution in [3.63, 3.8) is 0 Å². The summed E-state index contributed by atoms with van der Waals surface area (Å²) in [6.07, 6.45) is 1.59. The molecule has 6 heteroatoms. The predicted octanol–water partition coefficient (Wildman–Crippen LogP) is 4.31. The summed E-state index contributed by atoms with van der Waals surface area (Å²) in [7, 11) is 0. The lowest BCUT2D eigenvalue weighted by Crippen LogP contribution is -2.43. The van der Waals surface area contributed by atoms with Crippen LogP contribution in [0.3, 0.4) is 0 Å². The first-order valence-electron chi connectivity index (χ1n) is 8.89. The second-order valence-electron chi connectivity index (χ2n) is 6.64. The minimum absolute atomic E-state index is 0.282. The molecule has 2 N–H and O–H groups in total. The minimum atomic E-state index is -0.508. The maximum Gasteiger partial charge on any atom is 0.119 e. The van der Waals surface area contributed by atoms with Crippen molar-refractivity contribution in [1.29, 1.82) is 0 Å². The van der Waals surface area contributed by atoms with Gasteiger partial charge < -0.3 is 20.1 Å². The van der Waals surface area contributed by atoms with Crippen LogP contribution in [0.15, 0.2) is 48.5 Å². The van der Waals surface area contributed by atoms with Crippen molar-refractivity contribution in [1.82, 2.24) is 4.90 Å². The zero-order chi connectivity index (χ0) is 18.4. The lowest BCUT2D eigenvalue weighted by atomic mass is 10.0. The van der Waals surface area contributed by atoms with Gasteiger partial charge in [0.05, 0.1) is 0 Å². The zero-order valence-electron chi connectivity index (χ0n) is 14.6. The first-order chi connectivity index (χ1) is 12.6. The molecular weight excluding hydrogens is 371 g/mol. The quantitative estimate of drug-likeness (QED) is 0.734. The third kappa shape index (κ3) is 6.06. The van der Waals surface area contributed by atoms with E-state index in [1.54, 1.807) is 12.1 Å². The van der Waals surface area contributed by atoms with E-state index in [9.17, 15) is 5.11 Å². The molecule has 3 rings (SSSR count). The molecule has 26 heavy (non-hydrogen) atoms. The van der Waals surface area contributed by atoms with E-state index in [1.807, 2.05) is 36.4 Å². The van der Waals surface area contributed by atoms with E-state index in [2.05, 4.69) is 10.2 Å². The smallest absolute Gasteiger partial charge is 0.119 e. The van der Waals surface area contributed by atoms with E-state index in [1.165, 1.54) is 0 Å². The Kier molecular flexibility index (Phi) is 7.03. The molecule has 1 aliphatic rings. The van der Waals surface area contributed by atoms with Crippen LogP contribution >= 0.6 is 23.2 Å². The van der Waals surface area contributed by atoms with E-state index in [-0.39, 0.29) is 6.61 Å². The van der Waals surface area contributed by atoms with Crippen LogP contribution < -0.4 is 10.1 Å². The van der Waals surface area contributed by atoms with Crippen LogP contribution in [0.25, 0.3) is 0 Å². The molecular formula is C20H24Cl2N2O2. The number of aliphatic hydroxyl groups excluding tert-OH is 1. The molecule has 0 radical (unpaired) electrons. The Bertz CT molecular complexity index is 671. The largest absolute Gasteiger partial charge is 0.491 e. The van der Waals surface area contributed by atoms with Gasteiger partial charge in [0.2, 0.25) is 0 Å². The maximum absolute atomic E-state index is 10.2. The van der Waals surface area contributed by atoms with Gasteiger partial charge in [0.1, 0.15) is 18.5 Å². The van der Waals surface area contributed by atoms with Crippen LogP contribution in [-0.2, 0) is 0 Å². The third-order valence-electron chi connectivity index (χ3n) is 4.53. The maximum atomic E-state index is 10.2. The molecule has 0 spiro atoms. The number of hydrogen-bond donors (Lipinski definition) is 2. The van der Waals surface area contributed by atoms with E-state index in [4.69, 9.17) is 27.9 Å². The van der Waals surface area contributed by atoms with E-state index >= 15 is 0 Å². The molecule has 1 aliphatic heterocycles. The van der Waals surface area contributed by atoms with Gasteiger partial charge in [-0.15, -0.1) is 0 Å². The first-order valence-corrected chi connectivity index (χ1v) is 9.65. The molecule has 0 bridgehead atoms. The van der Waals surface area contributed by atoms with E-state index < -0.39 is 6.10 Å². The van der Waals surface area contributed by atoms with Gasteiger partial charge in [0.25, 0.3) is 0 Å². The van der Waals surface area contributed by atoms with Gasteiger partial charge in [0.15, 0.2) is 0 Å². The highest BCUT2D eigenvalue weighted by Crippen LogP contribution is 2.19. The Hall–Kier alpha value is -1.46. The van der Waals surface area contributed by atoms with Gasteiger partial charge >= 0.3 is 0 Å². The van der Waals surface area contributed by atoms with Crippen LogP contribution in [0.2, 0.25) is 10.0 Å². The lowest BCUT2D eigenvalue weighted by Gasteiger charge is -2.33. The summed E-state index contributed by atoms with van der Waals surface area (Å²) in [6.45, 7) is 2.83. The number of halogens is 2. The SMILES string of the molecule is O[C@@H](COc1ccc(Cl)cc1)CN1CCC(Nc2ccc(Cl)cc2)CC1. The number of nitrogens with one attached hydrogen (secondary N) is 1. The van der Waals surface area contributed by atoms with Gasteiger partial charge in [-0.2, -0.15) is 0 Å². The van der Waals surface area contributed by atoms with Crippen molar-refractivity contribution in [2.45, 2.75) is 25.0 Å². The highest BCUT2D eigenvalue weighted by molar-refractivity contribution is 6.30. The number of ether oxygens (including phenoxy) is 1. The Morgan fingerprint density at radius 2 is 1.58 bits per heavy atom. The molecule has 2 aromatic carbocycles. The molecule has 0 aromatic heterocycles. The molecule has 0 unspecified atom stereocenters. The van der Waals surface area contributed by atoms with Crippen molar-refractivity contribution in [3.8, 4) is 5.75 Å². The van der Waals surface area contributed by atoms with Gasteiger partial charge in [0, 0.05) is 41.4 Å². The Morgan fingerprint density at radius 3 is 2.19 bits per heavy atom. The molecule has 1 fully saturated rings. The number of benzene rings is 2. The molecule has 140 valence electrons. The van der Waals surface area contributed by atoms with Gasteiger partial charge in [-0.1, -0.05) is 23.2 Å². The molecule has 4 nitrogen and oxygen atoms in total. The summed E-state index contributed by atoms with van der Waals surface area (Å²) in [4.78, 5) is 2.29. The summed E-state index contributed by atoms with van der Waals surface area (Å²) in [6, 6.07) is 15.4. The first kappa shape index (κ1) is 19.3. The highest BCUT2D eigenvalue weighted by atomic mass is 35.5. The molecule has 1 saturated heterocycles. The van der Waals surface area contributed by atoms with Crippen LogP contribution in [0.4, 0.5) is 5.69 Å². The standard InChI is InChI=1S/C20H24Cl2N2O2/c21-15-1-5-17(6-2-15)23-18-9-11-24(12-10-18)13-19(25)14-26-20-7-3-16(22)4-8-20/h1-8,18-19,23,25H,9-14H2/t19-/m1/s1. The van der Waals surface area contributed by atoms with Crippen LogP contribution in [0.5, 0.6) is 5.75 Å². The Labute approximate surface area is 164 Å². The van der Waals surface area contributed by atoms with Crippen molar-refractivity contribution >= 4 is 28.9 Å². The number of anilines is 1. The van der Waals surface area contributed by atoms with Crippen molar-refractivity contribution in [3.05, 3.63) is 58.6 Å². The number of nitrogens with zero attached hydrogens (tertiary/aromatic N) is 1. The number of β-amino-alcohol motifs (C(OH)–C–C–N with tert-alkyl or cyclic N) is 1. The zero-order valence-corrected chi connectivity index (χ0v) is 16.1. The van der Waals surface area contributed by atoms with Crippen molar-refractivity contribution in [2.75, 3.05) is 31.6 Å². The molecule has 0 aliphatic carbocycles. The molecule has 0 saturated carbocycles. The van der Waals surface area contributed by atoms with Crippen LogP contribution in [-0.4, -0.2) is 48.4 Å². The van der Waals surface area contributed by atoms with E-state index in [0.717, 1.165) is 42.4 Å². The molecule has 2 aromatic rings. The monoisotopic (exact) mass is 394 g/mol. The number of hydrogen-bond acceptors (Lipinski definition) is 4. The number of likely N-dealkylation sites (tertiary alicyclic amines) is 1. The fourth-order valence-corrected chi connectivity index (χ4v) is 3.37. The topological polar surface area (TPSA) is 44.7 Å². The molecule has 1 atom stereocenters. The third-order valence-corrected chi connectivity index (χ3v) is 5.03. The average molecular weight is 395 g/mol. The summed E-state index contributed by atoms with van der Waals surface area (Å²) in [5.74, 6) is 0.722. The second kappa shape index (κ2) is 9.47. The Morgan fingerprint density at radius 1 is 1.00 bits per heavy atom. The number of piperidine rings is 1. The molecule has 0 amide bonds. The van der Waals surface area contributed by atoms with Crippen LogP contribution in [0, 0.1) is 0 Å². The Balaban J connectivity index is 1.36. The summed E-state index contributed by atoms with van der Waals surface area (Å²) in [5.41, 5.74) is 1.10. The highest BCUT2D eigenvalue weighted by Gasteiger charge is 2.21. The molecule has 1 heterocycles.